The van der Waals surface area contributed by atoms with Crippen molar-refractivity contribution in [3.63, 3.8) is 0 Å². The highest BCUT2D eigenvalue weighted by Gasteiger charge is 2.24. The highest BCUT2D eigenvalue weighted by molar-refractivity contribution is 7.26. The van der Waals surface area contributed by atoms with Crippen molar-refractivity contribution in [3.05, 3.63) is 497 Å². The lowest BCUT2D eigenvalue weighted by molar-refractivity contribution is 1.18. The lowest BCUT2D eigenvalue weighted by Gasteiger charge is -2.13. The fourth-order valence-electron chi connectivity index (χ4n) is 19.5. The summed E-state index contributed by atoms with van der Waals surface area (Å²) in [7, 11) is 0. The van der Waals surface area contributed by atoms with Gasteiger partial charge in [-0.1, -0.05) is 431 Å². The Kier molecular flexibility index (Phi) is 21.6. The number of hydrogen-bond acceptors (Lipinski definition) is 10. The Morgan fingerprint density at radius 1 is 0.171 bits per heavy atom. The molecule has 0 saturated carbocycles. The van der Waals surface area contributed by atoms with E-state index in [4.69, 9.17) is 44.9 Å². The summed E-state index contributed by atoms with van der Waals surface area (Å²) in [5.74, 6) is 2.06. The Morgan fingerprint density at radius 2 is 0.479 bits per heavy atom. The van der Waals surface area contributed by atoms with E-state index < -0.39 is 0 Å². The Labute approximate surface area is 811 Å². The molecule has 0 amide bonds. The Bertz CT molecular complexity index is 9360. The summed E-state index contributed by atoms with van der Waals surface area (Å²) in [6.45, 7) is 0. The fourth-order valence-corrected chi connectivity index (χ4v) is 20.7. The van der Waals surface area contributed by atoms with Gasteiger partial charge in [0.05, 0.1) is 61.7 Å². The minimum Gasteiger partial charge on any atom is -0.309 e. The summed E-state index contributed by atoms with van der Waals surface area (Å²) in [6.07, 6.45) is 0. The van der Waals surface area contributed by atoms with Gasteiger partial charge in [0.1, 0.15) is 16.6 Å². The zero-order valence-electron chi connectivity index (χ0n) is 75.7. The van der Waals surface area contributed by atoms with E-state index >= 15 is 0 Å². The predicted octanol–water partition coefficient (Wildman–Crippen LogP) is 33.7. The SMILES string of the molecule is c1ccc(-c2ccc3ccc4c(-c5ccc(-c6cccc7c6sc6ccccc67)cc5)nc(-c5ccccc5)nc4c3n2)cc1.c1ccc(-c2ccc3ccc4c(-c5ccc(-c6cccc7c8ccccc8n(-c8ccccc8)c67)cc5)nc(-c5ccccc5)nc4c3n2)cc1.c1ccc(-c2cccc(-c3ccc(-c4nc(-c5ccccc5)nc5c4ccc4ccc(-c6ccccc6)nc45)cc3)c2)cc1. The average molecular weight is 1800 g/mol. The quantitative estimate of drug-likeness (QED) is 0.0980. The zero-order valence-corrected chi connectivity index (χ0v) is 76.5. The molecule has 0 aliphatic carbocycles. The first-order chi connectivity index (χ1) is 69.4. The van der Waals surface area contributed by atoms with Gasteiger partial charge in [-0.2, -0.15) is 0 Å². The van der Waals surface area contributed by atoms with Gasteiger partial charge >= 0.3 is 0 Å². The molecule has 0 unspecified atom stereocenters. The number of aromatic nitrogens is 10. The second-order valence-electron chi connectivity index (χ2n) is 34.9. The van der Waals surface area contributed by atoms with Crippen molar-refractivity contribution in [2.75, 3.05) is 0 Å². The molecule has 140 heavy (non-hydrogen) atoms. The number of pyridine rings is 3. The first kappa shape index (κ1) is 83.3. The van der Waals surface area contributed by atoms with Crippen LogP contribution in [-0.2, 0) is 0 Å². The molecule has 11 heteroatoms. The maximum atomic E-state index is 5.22. The lowest BCUT2D eigenvalue weighted by atomic mass is 9.97. The molecule has 0 fully saturated rings. The minimum atomic E-state index is 0.679. The van der Waals surface area contributed by atoms with Crippen LogP contribution in [0.4, 0.5) is 0 Å². The van der Waals surface area contributed by atoms with Crippen molar-refractivity contribution in [1.29, 1.82) is 0 Å². The van der Waals surface area contributed by atoms with Gasteiger partial charge in [-0.15, -0.1) is 11.3 Å². The third-order valence-corrected chi connectivity index (χ3v) is 27.6. The van der Waals surface area contributed by atoms with E-state index in [2.05, 4.69) is 387 Å². The van der Waals surface area contributed by atoms with Crippen LogP contribution in [0.3, 0.4) is 0 Å². The van der Waals surface area contributed by atoms with E-state index in [-0.39, 0.29) is 0 Å². The number of nitrogens with zero attached hydrogens (tertiary/aromatic N) is 10. The van der Waals surface area contributed by atoms with Crippen LogP contribution in [-0.4, -0.2) is 49.4 Å². The summed E-state index contributed by atoms with van der Waals surface area (Å²) in [5, 5.41) is 11.2. The molecular weight excluding hydrogens is 1720 g/mol. The number of fused-ring (bicyclic) bond motifs is 15. The average Bonchev–Trinajstić information content (AvgIpc) is 1.50. The molecule has 8 aromatic heterocycles. The van der Waals surface area contributed by atoms with Crippen LogP contribution < -0.4 is 0 Å². The fraction of sp³-hybridized carbons (Fsp3) is 0. The number of rotatable bonds is 14. The molecule has 0 bridgehead atoms. The maximum Gasteiger partial charge on any atom is 0.160 e. The van der Waals surface area contributed by atoms with Crippen molar-refractivity contribution in [2.24, 2.45) is 0 Å². The topological polar surface area (TPSA) is 121 Å². The molecule has 0 aliphatic rings. The molecule has 10 nitrogen and oxygen atoms in total. The van der Waals surface area contributed by atoms with Crippen LogP contribution in [0.15, 0.2) is 497 Å². The zero-order chi connectivity index (χ0) is 92.8. The molecular formula is C129H82N10S. The van der Waals surface area contributed by atoms with Crippen LogP contribution in [0, 0.1) is 0 Å². The monoisotopic (exact) mass is 1800 g/mol. The Hall–Kier alpha value is -18.6. The highest BCUT2D eigenvalue weighted by atomic mass is 32.1. The molecule has 0 aliphatic heterocycles. The van der Waals surface area contributed by atoms with Crippen LogP contribution in [0.5, 0.6) is 0 Å². The summed E-state index contributed by atoms with van der Waals surface area (Å²) < 4.78 is 5.02. The molecule has 654 valence electrons. The van der Waals surface area contributed by atoms with Gasteiger partial charge in [0.25, 0.3) is 0 Å². The smallest absolute Gasteiger partial charge is 0.160 e. The molecule has 0 N–H and O–H groups in total. The van der Waals surface area contributed by atoms with Crippen molar-refractivity contribution in [2.45, 2.75) is 0 Å². The largest absolute Gasteiger partial charge is 0.309 e. The first-order valence-corrected chi connectivity index (χ1v) is 47.8. The highest BCUT2D eigenvalue weighted by Crippen LogP contribution is 2.46. The first-order valence-electron chi connectivity index (χ1n) is 47.0. The summed E-state index contributed by atoms with van der Waals surface area (Å²) in [4.78, 5) is 46.5. The van der Waals surface area contributed by atoms with Crippen LogP contribution >= 0.6 is 11.3 Å². The van der Waals surface area contributed by atoms with Gasteiger partial charge in [0, 0.05) is 125 Å². The second kappa shape index (κ2) is 36.3. The van der Waals surface area contributed by atoms with Gasteiger partial charge in [0.2, 0.25) is 0 Å². The number of hydrogen-bond donors (Lipinski definition) is 0. The van der Waals surface area contributed by atoms with Gasteiger partial charge in [0.15, 0.2) is 17.5 Å². The summed E-state index contributed by atoms with van der Waals surface area (Å²) >= 11 is 1.86. The second-order valence-corrected chi connectivity index (χ2v) is 36.0. The van der Waals surface area contributed by atoms with Gasteiger partial charge in [-0.25, -0.2) is 44.9 Å². The summed E-state index contributed by atoms with van der Waals surface area (Å²) in [6, 6.07) is 174. The molecule has 0 radical (unpaired) electrons. The molecule has 27 aromatic rings. The predicted molar refractivity (Wildman–Crippen MR) is 582 cm³/mol. The Morgan fingerprint density at radius 3 is 0.907 bits per heavy atom. The van der Waals surface area contributed by atoms with E-state index in [1.807, 2.05) is 127 Å². The molecule has 8 heterocycles. The number of para-hydroxylation sites is 3. The standard InChI is InChI=1S/C47H30N4.C41H25N3S.C41H27N3/c1-4-13-32(14-5-1)41-30-28-34-27-29-40-43(49-47(35-15-6-2-7-16-35)50-45(40)44(34)48-41)33-25-23-31(24-26-33)37-20-12-21-39-38-19-10-11-22-42(38)51(46(37)39)36-17-8-3-9-18-36;1-3-10-27(11-4-1)35-25-23-29-22-24-34-37(43-41(30-12-5-2-6-13-30)44-39(34)38(29)42-35)28-20-18-26(19-21-28)31-15-9-16-33-32-14-7-8-17-36(32)45-40(31)33;1-4-11-28(12-5-1)34-17-10-18-35(27-34)29-19-21-31(22-20-29)38-36-25-23-32-24-26-37(30-13-6-2-7-14-30)42-39(32)40(36)44-41(43-38)33-15-8-3-9-16-33/h1-30H;1-25H;1-27H. The van der Waals surface area contributed by atoms with E-state index in [9.17, 15) is 0 Å². The molecule has 0 saturated heterocycles. The van der Waals surface area contributed by atoms with Crippen molar-refractivity contribution in [1.82, 2.24) is 49.4 Å². The maximum absolute atomic E-state index is 5.22. The molecule has 27 rings (SSSR count). The third-order valence-electron chi connectivity index (χ3n) is 26.4. The number of thiophene rings is 1. The van der Waals surface area contributed by atoms with Crippen LogP contribution in [0.2, 0.25) is 0 Å². The van der Waals surface area contributed by atoms with Crippen molar-refractivity contribution < 1.29 is 0 Å². The third kappa shape index (κ3) is 15.8. The number of benzene rings is 19. The van der Waals surface area contributed by atoms with Gasteiger partial charge in [-0.3, -0.25) is 0 Å². The minimum absolute atomic E-state index is 0.679. The molecule has 0 spiro atoms. The Balaban J connectivity index is 0.000000111. The summed E-state index contributed by atoms with van der Waals surface area (Å²) in [5.41, 5.74) is 32.9. The lowest BCUT2D eigenvalue weighted by Crippen LogP contribution is -1.97. The van der Waals surface area contributed by atoms with Gasteiger partial charge < -0.3 is 4.57 Å². The van der Waals surface area contributed by atoms with E-state index in [0.717, 1.165) is 166 Å². The molecule has 0 atom stereocenters. The van der Waals surface area contributed by atoms with E-state index in [0.29, 0.717) is 17.5 Å². The van der Waals surface area contributed by atoms with Crippen molar-refractivity contribution >= 4 is 119 Å². The van der Waals surface area contributed by atoms with Crippen LogP contribution in [0.1, 0.15) is 0 Å². The van der Waals surface area contributed by atoms with Crippen molar-refractivity contribution in [3.8, 4) is 152 Å². The normalized spacial score (nSPS) is 11.4. The van der Waals surface area contributed by atoms with Gasteiger partial charge in [-0.05, 0) is 106 Å². The molecule has 19 aromatic carbocycles. The van der Waals surface area contributed by atoms with E-state index in [1.54, 1.807) is 0 Å². The van der Waals surface area contributed by atoms with Crippen LogP contribution in [0.25, 0.3) is 259 Å². The van der Waals surface area contributed by atoms with E-state index in [1.165, 1.54) is 75.4 Å².